The Kier molecular flexibility index (Phi) is 3.97. The Morgan fingerprint density at radius 1 is 0.417 bits per heavy atom. The van der Waals surface area contributed by atoms with Gasteiger partial charge in [0.1, 0.15) is 22.5 Å². The van der Waals surface area contributed by atoms with E-state index in [1.165, 1.54) is 32.7 Å². The molecule has 0 bridgehead atoms. The summed E-state index contributed by atoms with van der Waals surface area (Å²) in [4.78, 5) is 0. The first-order valence-corrected chi connectivity index (χ1v) is 12.2. The fourth-order valence-corrected chi connectivity index (χ4v) is 5.74. The van der Waals surface area contributed by atoms with Gasteiger partial charge in [-0.15, -0.1) is 0 Å². The number of furan rings is 2. The van der Waals surface area contributed by atoms with Crippen LogP contribution in [0, 0.1) is 0 Å². The molecule has 0 saturated carbocycles. The van der Waals surface area contributed by atoms with E-state index in [0.717, 1.165) is 44.2 Å². The number of benzene rings is 6. The van der Waals surface area contributed by atoms with E-state index in [4.69, 9.17) is 8.83 Å². The molecule has 36 heavy (non-hydrogen) atoms. The third-order valence-corrected chi connectivity index (χ3v) is 7.27. The Balaban J connectivity index is 1.52. The first-order valence-electron chi connectivity index (χ1n) is 12.2. The second kappa shape index (κ2) is 7.34. The van der Waals surface area contributed by atoms with E-state index in [9.17, 15) is 0 Å². The lowest BCUT2D eigenvalue weighted by atomic mass is 9.87. The zero-order chi connectivity index (χ0) is 23.6. The molecule has 2 nitrogen and oxygen atoms in total. The first-order chi connectivity index (χ1) is 17.9. The van der Waals surface area contributed by atoms with Crippen LogP contribution in [0.3, 0.4) is 0 Å². The van der Waals surface area contributed by atoms with Crippen LogP contribution in [0.4, 0.5) is 0 Å². The lowest BCUT2D eigenvalue weighted by Crippen LogP contribution is -1.89. The van der Waals surface area contributed by atoms with Crippen LogP contribution in [0.1, 0.15) is 0 Å². The molecule has 2 heterocycles. The van der Waals surface area contributed by atoms with E-state index in [0.29, 0.717) is 0 Å². The van der Waals surface area contributed by atoms with E-state index in [2.05, 4.69) is 97.1 Å². The van der Waals surface area contributed by atoms with E-state index in [-0.39, 0.29) is 0 Å². The number of para-hydroxylation sites is 1. The first kappa shape index (κ1) is 19.5. The van der Waals surface area contributed by atoms with Crippen molar-refractivity contribution in [3.8, 4) is 22.5 Å². The average molecular weight is 461 g/mol. The average Bonchev–Trinajstić information content (AvgIpc) is 3.53. The molecule has 0 aliphatic heterocycles. The van der Waals surface area contributed by atoms with Gasteiger partial charge in [-0.3, -0.25) is 0 Å². The molecule has 2 aromatic heterocycles. The van der Waals surface area contributed by atoms with Gasteiger partial charge in [0.15, 0.2) is 0 Å². The van der Waals surface area contributed by atoms with E-state index in [1.807, 2.05) is 24.3 Å². The van der Waals surface area contributed by atoms with Gasteiger partial charge in [0, 0.05) is 16.3 Å². The van der Waals surface area contributed by atoms with Gasteiger partial charge in [0.2, 0.25) is 0 Å². The second-order valence-corrected chi connectivity index (χ2v) is 9.27. The van der Waals surface area contributed by atoms with Crippen molar-refractivity contribution in [1.29, 1.82) is 0 Å². The molecular formula is C34H20O2. The molecule has 0 fully saturated rings. The van der Waals surface area contributed by atoms with Gasteiger partial charge in [-0.25, -0.2) is 0 Å². The molecule has 0 N–H and O–H groups in total. The third-order valence-electron chi connectivity index (χ3n) is 7.27. The van der Waals surface area contributed by atoms with Gasteiger partial charge in [0.25, 0.3) is 0 Å². The molecule has 0 unspecified atom stereocenters. The van der Waals surface area contributed by atoms with Crippen molar-refractivity contribution in [2.24, 2.45) is 0 Å². The predicted molar refractivity (Wildman–Crippen MR) is 149 cm³/mol. The number of hydrogen-bond acceptors (Lipinski definition) is 2. The maximum atomic E-state index is 6.74. The quantitative estimate of drug-likeness (QED) is 0.240. The highest BCUT2D eigenvalue weighted by Gasteiger charge is 2.20. The second-order valence-electron chi connectivity index (χ2n) is 9.27. The molecule has 0 aliphatic carbocycles. The summed E-state index contributed by atoms with van der Waals surface area (Å²) in [5.74, 6) is 0.870. The number of rotatable bonds is 2. The lowest BCUT2D eigenvalue weighted by molar-refractivity contribution is 0.635. The Bertz CT molecular complexity index is 2030. The van der Waals surface area contributed by atoms with Gasteiger partial charge in [-0.05, 0) is 56.9 Å². The fraction of sp³-hybridized carbons (Fsp3) is 0. The van der Waals surface area contributed by atoms with Gasteiger partial charge in [-0.2, -0.15) is 0 Å². The Hall–Kier alpha value is -4.82. The molecule has 0 spiro atoms. The molecule has 8 rings (SSSR count). The summed E-state index contributed by atoms with van der Waals surface area (Å²) >= 11 is 0. The molecule has 0 radical (unpaired) electrons. The maximum absolute atomic E-state index is 6.74. The topological polar surface area (TPSA) is 26.3 Å². The van der Waals surface area contributed by atoms with Crippen LogP contribution in [-0.2, 0) is 0 Å². The molecular weight excluding hydrogens is 440 g/mol. The molecule has 6 aromatic carbocycles. The van der Waals surface area contributed by atoms with Gasteiger partial charge in [-0.1, -0.05) is 97.1 Å². The van der Waals surface area contributed by atoms with Crippen molar-refractivity contribution in [3.05, 3.63) is 121 Å². The van der Waals surface area contributed by atoms with Crippen LogP contribution < -0.4 is 0 Å². The highest BCUT2D eigenvalue weighted by molar-refractivity contribution is 6.22. The Morgan fingerprint density at radius 2 is 1.00 bits per heavy atom. The van der Waals surface area contributed by atoms with Crippen LogP contribution in [-0.4, -0.2) is 0 Å². The van der Waals surface area contributed by atoms with Crippen LogP contribution in [0.15, 0.2) is 130 Å². The van der Waals surface area contributed by atoms with Crippen molar-refractivity contribution in [3.63, 3.8) is 0 Å². The third kappa shape index (κ3) is 2.67. The summed E-state index contributed by atoms with van der Waals surface area (Å²) in [7, 11) is 0. The molecule has 0 atom stereocenters. The summed E-state index contributed by atoms with van der Waals surface area (Å²) in [5, 5.41) is 7.99. The monoisotopic (exact) mass is 460 g/mol. The van der Waals surface area contributed by atoms with Gasteiger partial charge in [0.05, 0.1) is 5.39 Å². The number of fused-ring (bicyclic) bond motifs is 7. The minimum atomic E-state index is 0.846. The van der Waals surface area contributed by atoms with E-state index < -0.39 is 0 Å². The predicted octanol–water partition coefficient (Wildman–Crippen LogP) is 9.97. The lowest BCUT2D eigenvalue weighted by Gasteiger charge is -2.16. The minimum absolute atomic E-state index is 0.846. The molecule has 8 aromatic rings. The molecule has 168 valence electrons. The van der Waals surface area contributed by atoms with Crippen molar-refractivity contribution in [2.45, 2.75) is 0 Å². The van der Waals surface area contributed by atoms with Crippen molar-refractivity contribution in [2.75, 3.05) is 0 Å². The maximum Gasteiger partial charge on any atom is 0.146 e. The van der Waals surface area contributed by atoms with Crippen molar-refractivity contribution >= 4 is 54.5 Å². The summed E-state index contributed by atoms with van der Waals surface area (Å²) in [6.07, 6.45) is 0. The summed E-state index contributed by atoms with van der Waals surface area (Å²) in [6.45, 7) is 0. The number of hydrogen-bond donors (Lipinski definition) is 0. The zero-order valence-corrected chi connectivity index (χ0v) is 19.4. The normalized spacial score (nSPS) is 11.9. The largest absolute Gasteiger partial charge is 0.456 e. The highest BCUT2D eigenvalue weighted by Crippen LogP contribution is 2.46. The SMILES string of the molecule is c1ccc(-c2c3ccccc3c(-c3cc4ccc5oc6ccccc6c5c4o3)c3ccccc23)cc1. The van der Waals surface area contributed by atoms with Gasteiger partial charge < -0.3 is 8.83 Å². The van der Waals surface area contributed by atoms with E-state index >= 15 is 0 Å². The summed E-state index contributed by atoms with van der Waals surface area (Å²) in [6, 6.07) is 42.4. The smallest absolute Gasteiger partial charge is 0.146 e. The Morgan fingerprint density at radius 3 is 1.69 bits per heavy atom. The molecule has 0 saturated heterocycles. The standard InChI is InChI=1S/C34H20O2/c1-2-10-21(11-3-1)31-23-12-4-6-14-25(23)32(26-15-7-5-13-24(26)31)30-20-22-18-19-29-33(34(22)36-30)27-16-8-9-17-28(27)35-29/h1-20H. The molecule has 2 heteroatoms. The molecule has 0 aliphatic rings. The van der Waals surface area contributed by atoms with E-state index in [1.54, 1.807) is 0 Å². The van der Waals surface area contributed by atoms with Crippen LogP contribution >= 0.6 is 0 Å². The van der Waals surface area contributed by atoms with Crippen LogP contribution in [0.25, 0.3) is 76.9 Å². The fourth-order valence-electron chi connectivity index (χ4n) is 5.74. The zero-order valence-electron chi connectivity index (χ0n) is 19.4. The summed E-state index contributed by atoms with van der Waals surface area (Å²) < 4.78 is 12.9. The van der Waals surface area contributed by atoms with Crippen LogP contribution in [0.2, 0.25) is 0 Å². The van der Waals surface area contributed by atoms with Crippen LogP contribution in [0.5, 0.6) is 0 Å². The van der Waals surface area contributed by atoms with Crippen molar-refractivity contribution in [1.82, 2.24) is 0 Å². The molecule has 0 amide bonds. The summed E-state index contributed by atoms with van der Waals surface area (Å²) in [5.41, 5.74) is 6.18. The van der Waals surface area contributed by atoms with Gasteiger partial charge >= 0.3 is 0 Å². The highest BCUT2D eigenvalue weighted by atomic mass is 16.3. The van der Waals surface area contributed by atoms with Crippen molar-refractivity contribution < 1.29 is 8.83 Å². The minimum Gasteiger partial charge on any atom is -0.456 e. The Labute approximate surface area is 207 Å².